The van der Waals surface area contributed by atoms with Gasteiger partial charge in [0.15, 0.2) is 5.82 Å². The van der Waals surface area contributed by atoms with Crippen molar-refractivity contribution in [2.75, 3.05) is 5.73 Å². The molecule has 2 aromatic heterocycles. The normalized spacial score (nSPS) is 10.5. The van der Waals surface area contributed by atoms with E-state index in [9.17, 15) is 0 Å². The van der Waals surface area contributed by atoms with Gasteiger partial charge in [0.2, 0.25) is 0 Å². The van der Waals surface area contributed by atoms with Gasteiger partial charge in [0.05, 0.1) is 18.1 Å². The topological polar surface area (TPSA) is 82.5 Å². The fraction of sp³-hybridized carbons (Fsp3) is 0.333. The molecule has 0 aromatic carbocycles. The SMILES string of the molecule is CCCc1c(N)nnn1-c1cncnc1. The van der Waals surface area contributed by atoms with Gasteiger partial charge in [-0.25, -0.2) is 14.6 Å². The first-order valence-corrected chi connectivity index (χ1v) is 4.78. The van der Waals surface area contributed by atoms with Crippen molar-refractivity contribution in [1.82, 2.24) is 25.0 Å². The van der Waals surface area contributed by atoms with Gasteiger partial charge >= 0.3 is 0 Å². The van der Waals surface area contributed by atoms with Crippen molar-refractivity contribution >= 4 is 5.82 Å². The number of aromatic nitrogens is 5. The minimum atomic E-state index is 0.473. The Morgan fingerprint density at radius 1 is 1.33 bits per heavy atom. The Hall–Kier alpha value is -1.98. The van der Waals surface area contributed by atoms with Gasteiger partial charge in [-0.2, -0.15) is 0 Å². The summed E-state index contributed by atoms with van der Waals surface area (Å²) in [6.45, 7) is 2.08. The van der Waals surface area contributed by atoms with Crippen molar-refractivity contribution in [2.24, 2.45) is 0 Å². The van der Waals surface area contributed by atoms with Crippen LogP contribution in [0.25, 0.3) is 5.69 Å². The van der Waals surface area contributed by atoms with E-state index in [0.29, 0.717) is 5.82 Å². The Bertz CT molecular complexity index is 435. The largest absolute Gasteiger partial charge is 0.381 e. The number of hydrogen-bond donors (Lipinski definition) is 1. The second-order valence-electron chi connectivity index (χ2n) is 3.18. The molecule has 6 heteroatoms. The molecule has 2 N–H and O–H groups in total. The summed E-state index contributed by atoms with van der Waals surface area (Å²) in [6.07, 6.45) is 6.67. The van der Waals surface area contributed by atoms with Crippen LogP contribution in [0.2, 0.25) is 0 Å². The fourth-order valence-corrected chi connectivity index (χ4v) is 1.39. The summed E-state index contributed by atoms with van der Waals surface area (Å²) in [7, 11) is 0. The van der Waals surface area contributed by atoms with Crippen LogP contribution in [-0.4, -0.2) is 25.0 Å². The monoisotopic (exact) mass is 204 g/mol. The maximum atomic E-state index is 5.73. The molecule has 0 fully saturated rings. The van der Waals surface area contributed by atoms with Gasteiger partial charge in [-0.3, -0.25) is 0 Å². The lowest BCUT2D eigenvalue weighted by Crippen LogP contribution is -2.04. The number of nitrogens with two attached hydrogens (primary N) is 1. The number of nitrogen functional groups attached to an aromatic ring is 1. The summed E-state index contributed by atoms with van der Waals surface area (Å²) < 4.78 is 1.68. The summed E-state index contributed by atoms with van der Waals surface area (Å²) in [5.41, 5.74) is 7.42. The highest BCUT2D eigenvalue weighted by Crippen LogP contribution is 2.14. The highest BCUT2D eigenvalue weighted by molar-refractivity contribution is 5.38. The van der Waals surface area contributed by atoms with Crippen LogP contribution < -0.4 is 5.73 Å². The number of hydrogen-bond acceptors (Lipinski definition) is 5. The summed E-state index contributed by atoms with van der Waals surface area (Å²) in [4.78, 5) is 7.86. The van der Waals surface area contributed by atoms with Crippen molar-refractivity contribution < 1.29 is 0 Å². The summed E-state index contributed by atoms with van der Waals surface area (Å²) in [5, 5.41) is 7.81. The van der Waals surface area contributed by atoms with E-state index >= 15 is 0 Å². The molecule has 0 saturated heterocycles. The fourth-order valence-electron chi connectivity index (χ4n) is 1.39. The molecule has 0 saturated carbocycles. The van der Waals surface area contributed by atoms with Crippen molar-refractivity contribution in [3.8, 4) is 5.69 Å². The quantitative estimate of drug-likeness (QED) is 0.791. The highest BCUT2D eigenvalue weighted by atomic mass is 15.4. The van der Waals surface area contributed by atoms with E-state index in [1.807, 2.05) is 0 Å². The maximum Gasteiger partial charge on any atom is 0.169 e. The molecule has 0 aliphatic rings. The van der Waals surface area contributed by atoms with Crippen LogP contribution in [0.5, 0.6) is 0 Å². The Labute approximate surface area is 87.2 Å². The molecule has 2 rings (SSSR count). The Kier molecular flexibility index (Phi) is 2.57. The van der Waals surface area contributed by atoms with E-state index in [4.69, 9.17) is 5.73 Å². The maximum absolute atomic E-state index is 5.73. The molecule has 0 aliphatic carbocycles. The average Bonchev–Trinajstić information content (AvgIpc) is 2.63. The smallest absolute Gasteiger partial charge is 0.169 e. The van der Waals surface area contributed by atoms with Crippen molar-refractivity contribution in [3.63, 3.8) is 0 Å². The molecular formula is C9H12N6. The predicted molar refractivity (Wildman–Crippen MR) is 55.4 cm³/mol. The van der Waals surface area contributed by atoms with Gasteiger partial charge in [-0.1, -0.05) is 18.6 Å². The molecule has 6 nitrogen and oxygen atoms in total. The third-order valence-electron chi connectivity index (χ3n) is 2.07. The van der Waals surface area contributed by atoms with Crippen LogP contribution >= 0.6 is 0 Å². The molecule has 0 atom stereocenters. The predicted octanol–water partition coefficient (Wildman–Crippen LogP) is 0.592. The Morgan fingerprint density at radius 3 is 2.73 bits per heavy atom. The molecule has 0 bridgehead atoms. The minimum Gasteiger partial charge on any atom is -0.381 e. The second kappa shape index (κ2) is 4.04. The van der Waals surface area contributed by atoms with Gasteiger partial charge < -0.3 is 5.73 Å². The lowest BCUT2D eigenvalue weighted by atomic mass is 10.2. The first-order chi connectivity index (χ1) is 7.33. The molecule has 2 aromatic rings. The van der Waals surface area contributed by atoms with E-state index < -0.39 is 0 Å². The van der Waals surface area contributed by atoms with Gasteiger partial charge in [0, 0.05) is 0 Å². The van der Waals surface area contributed by atoms with Gasteiger partial charge in [-0.15, -0.1) is 5.10 Å². The first kappa shape index (κ1) is 9.57. The summed E-state index contributed by atoms with van der Waals surface area (Å²) >= 11 is 0. The van der Waals surface area contributed by atoms with Gasteiger partial charge in [0.1, 0.15) is 12.0 Å². The zero-order valence-corrected chi connectivity index (χ0v) is 8.46. The minimum absolute atomic E-state index is 0.473. The van der Waals surface area contributed by atoms with Gasteiger partial charge in [0.25, 0.3) is 0 Å². The molecule has 0 aliphatic heterocycles. The first-order valence-electron chi connectivity index (χ1n) is 4.78. The third-order valence-corrected chi connectivity index (χ3v) is 2.07. The molecule has 15 heavy (non-hydrogen) atoms. The zero-order chi connectivity index (χ0) is 10.7. The molecule has 0 amide bonds. The molecule has 0 spiro atoms. The summed E-state index contributed by atoms with van der Waals surface area (Å²) in [6, 6.07) is 0. The van der Waals surface area contributed by atoms with E-state index in [2.05, 4.69) is 27.2 Å². The second-order valence-corrected chi connectivity index (χ2v) is 3.18. The molecule has 0 radical (unpaired) electrons. The van der Waals surface area contributed by atoms with E-state index in [0.717, 1.165) is 24.2 Å². The number of rotatable bonds is 3. The summed E-state index contributed by atoms with van der Waals surface area (Å²) in [5.74, 6) is 0.473. The van der Waals surface area contributed by atoms with E-state index in [1.165, 1.54) is 6.33 Å². The Balaban J connectivity index is 2.44. The molecular weight excluding hydrogens is 192 g/mol. The number of nitrogens with zero attached hydrogens (tertiary/aromatic N) is 5. The molecule has 0 unspecified atom stereocenters. The van der Waals surface area contributed by atoms with E-state index in [1.54, 1.807) is 17.1 Å². The standard InChI is InChI=1S/C9H12N6/c1-2-3-8-9(10)13-14-15(8)7-4-11-6-12-5-7/h4-6H,2-3,10H2,1H3. The molecule has 2 heterocycles. The van der Waals surface area contributed by atoms with Crippen LogP contribution in [0.4, 0.5) is 5.82 Å². The van der Waals surface area contributed by atoms with Crippen molar-refractivity contribution in [2.45, 2.75) is 19.8 Å². The van der Waals surface area contributed by atoms with Crippen LogP contribution in [-0.2, 0) is 6.42 Å². The Morgan fingerprint density at radius 2 is 2.07 bits per heavy atom. The lowest BCUT2D eigenvalue weighted by Gasteiger charge is -2.03. The van der Waals surface area contributed by atoms with Crippen LogP contribution in [0.1, 0.15) is 19.0 Å². The van der Waals surface area contributed by atoms with E-state index in [-0.39, 0.29) is 0 Å². The molecule has 78 valence electrons. The van der Waals surface area contributed by atoms with Crippen LogP contribution in [0, 0.1) is 0 Å². The van der Waals surface area contributed by atoms with Crippen LogP contribution in [0.3, 0.4) is 0 Å². The van der Waals surface area contributed by atoms with Crippen molar-refractivity contribution in [3.05, 3.63) is 24.4 Å². The zero-order valence-electron chi connectivity index (χ0n) is 8.46. The highest BCUT2D eigenvalue weighted by Gasteiger charge is 2.10. The lowest BCUT2D eigenvalue weighted by molar-refractivity contribution is 0.739. The van der Waals surface area contributed by atoms with Crippen molar-refractivity contribution in [1.29, 1.82) is 0 Å². The number of anilines is 1. The third kappa shape index (κ3) is 1.78. The average molecular weight is 204 g/mol. The van der Waals surface area contributed by atoms with Crippen LogP contribution in [0.15, 0.2) is 18.7 Å². The van der Waals surface area contributed by atoms with Gasteiger partial charge in [-0.05, 0) is 6.42 Å².